The van der Waals surface area contributed by atoms with E-state index >= 15 is 0 Å². The topological polar surface area (TPSA) is 57.9 Å². The molecular formula is C20H17N3O. The zero-order chi connectivity index (χ0) is 16.5. The molecule has 0 aliphatic carbocycles. The standard InChI is InChI=1S/C20H17N3O/c1-24-17-4-5-18-19(9-17)23-12-16(10-21)20(18)14-3-2-13-6-7-22-11-15(13)8-14/h2-5,8-9,12,22H,6-7,11H2,1H3. The maximum absolute atomic E-state index is 9.55. The number of hydrogen-bond acceptors (Lipinski definition) is 4. The molecule has 0 saturated heterocycles. The Morgan fingerprint density at radius 2 is 2.08 bits per heavy atom. The van der Waals surface area contributed by atoms with Crippen LogP contribution in [-0.4, -0.2) is 18.6 Å². The molecule has 4 nitrogen and oxygen atoms in total. The smallest absolute Gasteiger partial charge is 0.121 e. The molecule has 3 aromatic rings. The van der Waals surface area contributed by atoms with Crippen molar-refractivity contribution >= 4 is 10.9 Å². The van der Waals surface area contributed by atoms with E-state index in [1.54, 1.807) is 13.3 Å². The van der Waals surface area contributed by atoms with Crippen molar-refractivity contribution in [2.75, 3.05) is 13.7 Å². The van der Waals surface area contributed by atoms with E-state index in [-0.39, 0.29) is 0 Å². The number of aromatic nitrogens is 1. The summed E-state index contributed by atoms with van der Waals surface area (Å²) in [5.41, 5.74) is 6.12. The number of pyridine rings is 1. The van der Waals surface area contributed by atoms with Crippen molar-refractivity contribution in [1.29, 1.82) is 5.26 Å². The Bertz CT molecular complexity index is 973. The van der Waals surface area contributed by atoms with E-state index in [2.05, 4.69) is 34.6 Å². The van der Waals surface area contributed by atoms with E-state index in [0.29, 0.717) is 5.56 Å². The van der Waals surface area contributed by atoms with Gasteiger partial charge in [-0.3, -0.25) is 4.98 Å². The van der Waals surface area contributed by atoms with Crippen LogP contribution in [0.25, 0.3) is 22.0 Å². The summed E-state index contributed by atoms with van der Waals surface area (Å²) in [5.74, 6) is 0.764. The third-order valence-electron chi connectivity index (χ3n) is 4.58. The molecule has 24 heavy (non-hydrogen) atoms. The fourth-order valence-electron chi connectivity index (χ4n) is 3.33. The Kier molecular flexibility index (Phi) is 3.64. The maximum atomic E-state index is 9.55. The molecule has 1 N–H and O–H groups in total. The predicted molar refractivity (Wildman–Crippen MR) is 93.9 cm³/mol. The van der Waals surface area contributed by atoms with Crippen LogP contribution in [0.5, 0.6) is 5.75 Å². The maximum Gasteiger partial charge on any atom is 0.121 e. The summed E-state index contributed by atoms with van der Waals surface area (Å²) in [7, 11) is 1.64. The van der Waals surface area contributed by atoms with E-state index in [0.717, 1.165) is 47.3 Å². The van der Waals surface area contributed by atoms with E-state index in [1.165, 1.54) is 11.1 Å². The second-order valence-corrected chi connectivity index (χ2v) is 5.95. The summed E-state index contributed by atoms with van der Waals surface area (Å²) in [5, 5.41) is 13.9. The minimum Gasteiger partial charge on any atom is -0.497 e. The average Bonchev–Trinajstić information content (AvgIpc) is 2.66. The van der Waals surface area contributed by atoms with Gasteiger partial charge in [-0.15, -0.1) is 0 Å². The van der Waals surface area contributed by atoms with Crippen LogP contribution in [0.4, 0.5) is 0 Å². The van der Waals surface area contributed by atoms with Crippen LogP contribution in [0.1, 0.15) is 16.7 Å². The van der Waals surface area contributed by atoms with Gasteiger partial charge in [0.1, 0.15) is 11.8 Å². The van der Waals surface area contributed by atoms with Crippen LogP contribution < -0.4 is 10.1 Å². The zero-order valence-electron chi connectivity index (χ0n) is 13.5. The van der Waals surface area contributed by atoms with Gasteiger partial charge in [0.15, 0.2) is 0 Å². The first-order valence-corrected chi connectivity index (χ1v) is 8.00. The van der Waals surface area contributed by atoms with E-state index < -0.39 is 0 Å². The predicted octanol–water partition coefficient (Wildman–Crippen LogP) is 3.43. The van der Waals surface area contributed by atoms with E-state index in [4.69, 9.17) is 4.74 Å². The van der Waals surface area contributed by atoms with Crippen LogP contribution >= 0.6 is 0 Å². The Hall–Kier alpha value is -2.90. The summed E-state index contributed by atoms with van der Waals surface area (Å²) in [6, 6.07) is 14.6. The van der Waals surface area contributed by atoms with Gasteiger partial charge in [-0.25, -0.2) is 0 Å². The second-order valence-electron chi connectivity index (χ2n) is 5.95. The van der Waals surface area contributed by atoms with Crippen LogP contribution in [-0.2, 0) is 13.0 Å². The number of nitrogens with one attached hydrogen (secondary N) is 1. The molecule has 1 aliphatic heterocycles. The van der Waals surface area contributed by atoms with Crippen molar-refractivity contribution in [2.24, 2.45) is 0 Å². The number of nitriles is 1. The molecule has 1 aromatic heterocycles. The summed E-state index contributed by atoms with van der Waals surface area (Å²) < 4.78 is 5.29. The number of rotatable bonds is 2. The van der Waals surface area contributed by atoms with Gasteiger partial charge in [-0.1, -0.05) is 12.1 Å². The van der Waals surface area contributed by atoms with Crippen LogP contribution in [0.2, 0.25) is 0 Å². The molecule has 4 rings (SSSR count). The van der Waals surface area contributed by atoms with Gasteiger partial charge in [0.2, 0.25) is 0 Å². The highest BCUT2D eigenvalue weighted by Crippen LogP contribution is 2.34. The van der Waals surface area contributed by atoms with Gasteiger partial charge >= 0.3 is 0 Å². The van der Waals surface area contributed by atoms with E-state index in [9.17, 15) is 5.26 Å². The number of fused-ring (bicyclic) bond motifs is 2. The monoisotopic (exact) mass is 315 g/mol. The quantitative estimate of drug-likeness (QED) is 0.787. The highest BCUT2D eigenvalue weighted by Gasteiger charge is 2.15. The lowest BCUT2D eigenvalue weighted by Crippen LogP contribution is -2.23. The lowest BCUT2D eigenvalue weighted by atomic mass is 9.92. The first-order chi connectivity index (χ1) is 11.8. The Labute approximate surface area is 140 Å². The van der Waals surface area contributed by atoms with Gasteiger partial charge in [-0.2, -0.15) is 5.26 Å². The fraction of sp³-hybridized carbons (Fsp3) is 0.200. The van der Waals surface area contributed by atoms with Gasteiger partial charge < -0.3 is 10.1 Å². The lowest BCUT2D eigenvalue weighted by molar-refractivity contribution is 0.415. The van der Waals surface area contributed by atoms with Crippen molar-refractivity contribution in [3.05, 3.63) is 59.3 Å². The minimum atomic E-state index is 0.594. The molecule has 0 amide bonds. The van der Waals surface area contributed by atoms with Crippen LogP contribution in [0.3, 0.4) is 0 Å². The SMILES string of the molecule is COc1ccc2c(-c3ccc4c(c3)CNCC4)c(C#N)cnc2c1. The molecule has 1 aliphatic rings. The molecule has 0 atom stereocenters. The highest BCUT2D eigenvalue weighted by atomic mass is 16.5. The zero-order valence-corrected chi connectivity index (χ0v) is 13.5. The van der Waals surface area contributed by atoms with Gasteiger partial charge in [0.05, 0.1) is 18.2 Å². The summed E-state index contributed by atoms with van der Waals surface area (Å²) in [6.07, 6.45) is 2.70. The third-order valence-corrected chi connectivity index (χ3v) is 4.58. The largest absolute Gasteiger partial charge is 0.497 e. The Balaban J connectivity index is 1.96. The van der Waals surface area contributed by atoms with Gasteiger partial charge in [-0.05, 0) is 47.9 Å². The molecule has 0 unspecified atom stereocenters. The van der Waals surface area contributed by atoms with Gasteiger partial charge in [0, 0.05) is 29.8 Å². The number of benzene rings is 2. The number of hydrogen-bond donors (Lipinski definition) is 1. The van der Waals surface area contributed by atoms with Crippen molar-refractivity contribution in [2.45, 2.75) is 13.0 Å². The van der Waals surface area contributed by atoms with Crippen LogP contribution in [0.15, 0.2) is 42.6 Å². The summed E-state index contributed by atoms with van der Waals surface area (Å²) >= 11 is 0. The molecular weight excluding hydrogens is 298 g/mol. The van der Waals surface area contributed by atoms with Crippen LogP contribution in [0, 0.1) is 11.3 Å². The van der Waals surface area contributed by atoms with Crippen molar-refractivity contribution < 1.29 is 4.74 Å². The molecule has 118 valence electrons. The highest BCUT2D eigenvalue weighted by molar-refractivity contribution is 5.97. The number of methoxy groups -OCH3 is 1. The molecule has 2 aromatic carbocycles. The molecule has 0 radical (unpaired) electrons. The second kappa shape index (κ2) is 5.95. The van der Waals surface area contributed by atoms with E-state index in [1.807, 2.05) is 18.2 Å². The molecule has 4 heteroatoms. The number of ether oxygens (including phenoxy) is 1. The molecule has 0 bridgehead atoms. The van der Waals surface area contributed by atoms with Gasteiger partial charge in [0.25, 0.3) is 0 Å². The molecule has 2 heterocycles. The molecule has 0 saturated carbocycles. The fourth-order valence-corrected chi connectivity index (χ4v) is 3.33. The number of nitrogens with zero attached hydrogens (tertiary/aromatic N) is 2. The molecule has 0 fully saturated rings. The summed E-state index contributed by atoms with van der Waals surface area (Å²) in [4.78, 5) is 4.42. The normalized spacial score (nSPS) is 13.3. The average molecular weight is 315 g/mol. The third kappa shape index (κ3) is 2.40. The first kappa shape index (κ1) is 14.7. The first-order valence-electron chi connectivity index (χ1n) is 8.00. The van der Waals surface area contributed by atoms with Crippen molar-refractivity contribution in [1.82, 2.24) is 10.3 Å². The Morgan fingerprint density at radius 3 is 2.92 bits per heavy atom. The lowest BCUT2D eigenvalue weighted by Gasteiger charge is -2.18. The van der Waals surface area contributed by atoms with Crippen molar-refractivity contribution in [3.63, 3.8) is 0 Å². The summed E-state index contributed by atoms with van der Waals surface area (Å²) in [6.45, 7) is 1.90. The minimum absolute atomic E-state index is 0.594. The van der Waals surface area contributed by atoms with Crippen molar-refractivity contribution in [3.8, 4) is 22.9 Å². The molecule has 0 spiro atoms. The Morgan fingerprint density at radius 1 is 1.17 bits per heavy atom.